The van der Waals surface area contributed by atoms with Gasteiger partial charge in [0.15, 0.2) is 0 Å². The van der Waals surface area contributed by atoms with Crippen LogP contribution in [0.3, 0.4) is 0 Å². The van der Waals surface area contributed by atoms with Crippen LogP contribution in [-0.2, 0) is 6.18 Å². The SMILES string of the molecule is C=CCCC(O)CN1CCN(c2cccc(C(F)(F)F)c2)CC1. The summed E-state index contributed by atoms with van der Waals surface area (Å²) < 4.78 is 38.3. The van der Waals surface area contributed by atoms with E-state index in [1.54, 1.807) is 12.1 Å². The number of rotatable bonds is 6. The van der Waals surface area contributed by atoms with Crippen LogP contribution >= 0.6 is 0 Å². The average Bonchev–Trinajstić information content (AvgIpc) is 2.53. The highest BCUT2D eigenvalue weighted by Gasteiger charge is 2.31. The van der Waals surface area contributed by atoms with Crippen molar-refractivity contribution in [3.8, 4) is 0 Å². The molecule has 23 heavy (non-hydrogen) atoms. The predicted octanol–water partition coefficient (Wildman–Crippen LogP) is 3.15. The molecule has 1 aromatic rings. The lowest BCUT2D eigenvalue weighted by molar-refractivity contribution is -0.137. The van der Waals surface area contributed by atoms with E-state index in [4.69, 9.17) is 0 Å². The summed E-state index contributed by atoms with van der Waals surface area (Å²) in [6, 6.07) is 5.46. The number of aliphatic hydroxyl groups is 1. The minimum atomic E-state index is -4.31. The van der Waals surface area contributed by atoms with Crippen molar-refractivity contribution in [2.45, 2.75) is 25.1 Å². The smallest absolute Gasteiger partial charge is 0.392 e. The number of halogens is 3. The molecule has 0 aliphatic carbocycles. The van der Waals surface area contributed by atoms with Gasteiger partial charge in [0.2, 0.25) is 0 Å². The molecule has 1 aromatic carbocycles. The van der Waals surface area contributed by atoms with E-state index in [1.165, 1.54) is 12.1 Å². The Kier molecular flexibility index (Phi) is 6.07. The van der Waals surface area contributed by atoms with E-state index in [9.17, 15) is 18.3 Å². The molecule has 0 saturated carbocycles. The number of β-amino-alcohol motifs (C(OH)–C–C–N with tert-alkyl or cyclic N) is 1. The lowest BCUT2D eigenvalue weighted by Crippen LogP contribution is -2.48. The second-order valence-corrected chi connectivity index (χ2v) is 5.86. The zero-order valence-corrected chi connectivity index (χ0v) is 13.1. The van der Waals surface area contributed by atoms with E-state index < -0.39 is 11.7 Å². The molecule has 0 aromatic heterocycles. The zero-order chi connectivity index (χ0) is 16.9. The molecule has 0 spiro atoms. The van der Waals surface area contributed by atoms with Crippen molar-refractivity contribution < 1.29 is 18.3 Å². The summed E-state index contributed by atoms with van der Waals surface area (Å²) in [5, 5.41) is 9.91. The number of alkyl halides is 3. The van der Waals surface area contributed by atoms with Gasteiger partial charge in [-0.3, -0.25) is 4.90 Å². The lowest BCUT2D eigenvalue weighted by atomic mass is 10.1. The molecule has 1 heterocycles. The van der Waals surface area contributed by atoms with Gasteiger partial charge in [-0.25, -0.2) is 0 Å². The maximum absolute atomic E-state index is 12.8. The number of hydrogen-bond donors (Lipinski definition) is 1. The Morgan fingerprint density at radius 3 is 2.52 bits per heavy atom. The molecule has 0 amide bonds. The second kappa shape index (κ2) is 7.84. The van der Waals surface area contributed by atoms with Crippen molar-refractivity contribution in [1.82, 2.24) is 4.90 Å². The quantitative estimate of drug-likeness (QED) is 0.813. The summed E-state index contributed by atoms with van der Waals surface area (Å²) >= 11 is 0. The normalized spacial score (nSPS) is 18.0. The van der Waals surface area contributed by atoms with Gasteiger partial charge in [-0.05, 0) is 31.0 Å². The maximum Gasteiger partial charge on any atom is 0.416 e. The van der Waals surface area contributed by atoms with E-state index in [2.05, 4.69) is 11.5 Å². The fourth-order valence-electron chi connectivity index (χ4n) is 2.77. The van der Waals surface area contributed by atoms with Crippen molar-refractivity contribution in [3.63, 3.8) is 0 Å². The van der Waals surface area contributed by atoms with Gasteiger partial charge < -0.3 is 10.0 Å². The molecule has 2 rings (SSSR count). The first-order valence-electron chi connectivity index (χ1n) is 7.83. The zero-order valence-electron chi connectivity index (χ0n) is 13.1. The van der Waals surface area contributed by atoms with Crippen LogP contribution in [0.5, 0.6) is 0 Å². The summed E-state index contributed by atoms with van der Waals surface area (Å²) in [5.41, 5.74) is -0.0102. The van der Waals surface area contributed by atoms with Crippen molar-refractivity contribution in [2.75, 3.05) is 37.6 Å². The fourth-order valence-corrected chi connectivity index (χ4v) is 2.77. The summed E-state index contributed by atoms with van der Waals surface area (Å²) in [6.45, 7) is 7.04. The summed E-state index contributed by atoms with van der Waals surface area (Å²) in [5.74, 6) is 0. The van der Waals surface area contributed by atoms with E-state index in [0.29, 0.717) is 31.7 Å². The highest BCUT2D eigenvalue weighted by atomic mass is 19.4. The highest BCUT2D eigenvalue weighted by Crippen LogP contribution is 2.31. The van der Waals surface area contributed by atoms with Crippen LogP contribution in [0.4, 0.5) is 18.9 Å². The van der Waals surface area contributed by atoms with Gasteiger partial charge in [-0.1, -0.05) is 12.1 Å². The molecule has 1 unspecified atom stereocenters. The molecule has 1 fully saturated rings. The minimum absolute atomic E-state index is 0.381. The summed E-state index contributed by atoms with van der Waals surface area (Å²) in [6.07, 6.45) is -1.43. The minimum Gasteiger partial charge on any atom is -0.392 e. The van der Waals surface area contributed by atoms with Crippen LogP contribution in [-0.4, -0.2) is 48.8 Å². The number of hydrogen-bond acceptors (Lipinski definition) is 3. The molecular formula is C17H23F3N2O. The standard InChI is InChI=1S/C17H23F3N2O/c1-2-3-7-16(23)13-21-8-10-22(11-9-21)15-6-4-5-14(12-15)17(18,19)20/h2,4-6,12,16,23H,1,3,7-11,13H2. The van der Waals surface area contributed by atoms with Gasteiger partial charge in [0.05, 0.1) is 11.7 Å². The first-order chi connectivity index (χ1) is 10.9. The van der Waals surface area contributed by atoms with Gasteiger partial charge in [0, 0.05) is 38.4 Å². The molecule has 1 aliphatic rings. The van der Waals surface area contributed by atoms with Crippen LogP contribution < -0.4 is 4.90 Å². The van der Waals surface area contributed by atoms with E-state index in [1.807, 2.05) is 4.90 Å². The Balaban J connectivity index is 1.88. The molecule has 1 N–H and O–H groups in total. The first-order valence-corrected chi connectivity index (χ1v) is 7.83. The third-order valence-electron chi connectivity index (χ3n) is 4.08. The van der Waals surface area contributed by atoms with E-state index >= 15 is 0 Å². The van der Waals surface area contributed by atoms with Gasteiger partial charge >= 0.3 is 6.18 Å². The van der Waals surface area contributed by atoms with Crippen LogP contribution in [0.15, 0.2) is 36.9 Å². The van der Waals surface area contributed by atoms with Crippen molar-refractivity contribution >= 4 is 5.69 Å². The van der Waals surface area contributed by atoms with Gasteiger partial charge in [0.25, 0.3) is 0 Å². The van der Waals surface area contributed by atoms with Gasteiger partial charge in [-0.15, -0.1) is 6.58 Å². The first kappa shape index (κ1) is 17.8. The fraction of sp³-hybridized carbons (Fsp3) is 0.529. The Morgan fingerprint density at radius 2 is 1.91 bits per heavy atom. The largest absolute Gasteiger partial charge is 0.416 e. The Hall–Kier alpha value is -1.53. The number of anilines is 1. The number of allylic oxidation sites excluding steroid dienone is 1. The monoisotopic (exact) mass is 328 g/mol. The molecular weight excluding hydrogens is 305 g/mol. The average molecular weight is 328 g/mol. The third kappa shape index (κ3) is 5.25. The number of piperazine rings is 1. The molecule has 1 aliphatic heterocycles. The van der Waals surface area contributed by atoms with Gasteiger partial charge in [-0.2, -0.15) is 13.2 Å². The number of aliphatic hydroxyl groups excluding tert-OH is 1. The number of nitrogens with zero attached hydrogens (tertiary/aromatic N) is 2. The molecule has 0 bridgehead atoms. The van der Waals surface area contributed by atoms with E-state index in [-0.39, 0.29) is 6.10 Å². The lowest BCUT2D eigenvalue weighted by Gasteiger charge is -2.37. The third-order valence-corrected chi connectivity index (χ3v) is 4.08. The molecule has 128 valence electrons. The summed E-state index contributed by atoms with van der Waals surface area (Å²) in [7, 11) is 0. The van der Waals surface area contributed by atoms with Crippen molar-refractivity contribution in [1.29, 1.82) is 0 Å². The van der Waals surface area contributed by atoms with Crippen LogP contribution in [0, 0.1) is 0 Å². The van der Waals surface area contributed by atoms with E-state index in [0.717, 1.165) is 25.6 Å². The highest BCUT2D eigenvalue weighted by molar-refractivity contribution is 5.49. The van der Waals surface area contributed by atoms with Crippen LogP contribution in [0.1, 0.15) is 18.4 Å². The Bertz CT molecular complexity index is 511. The van der Waals surface area contributed by atoms with Crippen LogP contribution in [0.25, 0.3) is 0 Å². The molecule has 1 saturated heterocycles. The molecule has 1 atom stereocenters. The molecule has 0 radical (unpaired) electrons. The second-order valence-electron chi connectivity index (χ2n) is 5.86. The van der Waals surface area contributed by atoms with Crippen LogP contribution in [0.2, 0.25) is 0 Å². The topological polar surface area (TPSA) is 26.7 Å². The predicted molar refractivity (Wildman–Crippen MR) is 85.5 cm³/mol. The molecule has 6 heteroatoms. The number of benzene rings is 1. The molecule has 3 nitrogen and oxygen atoms in total. The summed E-state index contributed by atoms with van der Waals surface area (Å²) in [4.78, 5) is 4.11. The van der Waals surface area contributed by atoms with Crippen molar-refractivity contribution in [2.24, 2.45) is 0 Å². The maximum atomic E-state index is 12.8. The van der Waals surface area contributed by atoms with Crippen molar-refractivity contribution in [3.05, 3.63) is 42.5 Å². The Morgan fingerprint density at radius 1 is 1.22 bits per heavy atom. The van der Waals surface area contributed by atoms with Gasteiger partial charge in [0.1, 0.15) is 0 Å². The Labute approximate surface area is 135 Å².